The van der Waals surface area contributed by atoms with E-state index in [0.717, 1.165) is 16.3 Å². The molecule has 2 amide bonds. The number of carbonyl (C=O) groups is 2. The zero-order valence-corrected chi connectivity index (χ0v) is 19.6. The van der Waals surface area contributed by atoms with Gasteiger partial charge in [0.05, 0.1) is 6.04 Å². The number of benzene rings is 2. The molecule has 0 saturated carbocycles. The monoisotopic (exact) mass is 465 g/mol. The molecule has 4 rings (SSSR count). The van der Waals surface area contributed by atoms with Crippen molar-refractivity contribution in [2.75, 3.05) is 20.1 Å². The number of aryl methyl sites for hydroxylation is 1. The van der Waals surface area contributed by atoms with Gasteiger partial charge in [0, 0.05) is 25.5 Å². The number of likely N-dealkylation sites (N-methyl/N-ethyl adjacent to an activating group) is 1. The molecule has 0 radical (unpaired) electrons. The van der Waals surface area contributed by atoms with E-state index in [4.69, 9.17) is 9.47 Å². The van der Waals surface area contributed by atoms with E-state index >= 15 is 0 Å². The molecule has 2 aromatic carbocycles. The van der Waals surface area contributed by atoms with Crippen molar-refractivity contribution in [3.8, 4) is 5.75 Å². The minimum atomic E-state index is -0.355. The summed E-state index contributed by atoms with van der Waals surface area (Å²) in [5, 5.41) is 2.50. The third-order valence-corrected chi connectivity index (χ3v) is 6.47. The summed E-state index contributed by atoms with van der Waals surface area (Å²) in [5.74, 6) is 0.614. The first-order valence-electron chi connectivity index (χ1n) is 10.9. The summed E-state index contributed by atoms with van der Waals surface area (Å²) in [7, 11) is 1.76. The lowest BCUT2D eigenvalue weighted by molar-refractivity contribution is 0.0715. The van der Waals surface area contributed by atoms with Crippen LogP contribution in [0.15, 0.2) is 60.0 Å². The second-order valence-electron chi connectivity index (χ2n) is 8.07. The van der Waals surface area contributed by atoms with E-state index < -0.39 is 0 Å². The number of carbonyl (C=O) groups excluding carboxylic acids is 2. The summed E-state index contributed by atoms with van der Waals surface area (Å²) < 4.78 is 11.2. The fourth-order valence-electron chi connectivity index (χ4n) is 3.64. The van der Waals surface area contributed by atoms with Gasteiger partial charge < -0.3 is 19.3 Å². The molecule has 1 unspecified atom stereocenters. The Balaban J connectivity index is 1.26. The third-order valence-electron chi connectivity index (χ3n) is 5.65. The van der Waals surface area contributed by atoms with Crippen LogP contribution in [0.2, 0.25) is 0 Å². The quantitative estimate of drug-likeness (QED) is 0.513. The zero-order valence-electron chi connectivity index (χ0n) is 18.8. The van der Waals surface area contributed by atoms with Crippen molar-refractivity contribution in [1.29, 1.82) is 0 Å². The Morgan fingerprint density at radius 1 is 1.12 bits per heavy atom. The average Bonchev–Trinajstić information content (AvgIpc) is 3.52. The van der Waals surface area contributed by atoms with E-state index in [9.17, 15) is 9.59 Å². The Hall–Kier alpha value is -3.39. The van der Waals surface area contributed by atoms with Crippen molar-refractivity contribution in [3.05, 3.63) is 81.8 Å². The maximum absolute atomic E-state index is 12.9. The third kappa shape index (κ3) is 5.90. The van der Waals surface area contributed by atoms with Gasteiger partial charge in [-0.25, -0.2) is 9.78 Å². The van der Waals surface area contributed by atoms with Gasteiger partial charge in [0.2, 0.25) is 0 Å². The van der Waals surface area contributed by atoms with Gasteiger partial charge in [-0.2, -0.15) is 0 Å². The second kappa shape index (κ2) is 10.5. The summed E-state index contributed by atoms with van der Waals surface area (Å²) in [6, 6.07) is 17.3. The Morgan fingerprint density at radius 2 is 1.88 bits per heavy atom. The fourth-order valence-corrected chi connectivity index (χ4v) is 4.32. The lowest BCUT2D eigenvalue weighted by Gasteiger charge is -2.24. The first-order chi connectivity index (χ1) is 16.0. The number of rotatable bonds is 7. The van der Waals surface area contributed by atoms with Crippen LogP contribution in [0.4, 0.5) is 4.79 Å². The van der Waals surface area contributed by atoms with E-state index in [1.807, 2.05) is 61.5 Å². The first kappa shape index (κ1) is 22.8. The molecule has 1 saturated heterocycles. The highest BCUT2D eigenvalue weighted by Gasteiger charge is 2.32. The van der Waals surface area contributed by atoms with E-state index in [0.29, 0.717) is 31.8 Å². The lowest BCUT2D eigenvalue weighted by Crippen LogP contribution is -2.40. The molecule has 1 aliphatic heterocycles. The average molecular weight is 466 g/mol. The van der Waals surface area contributed by atoms with Gasteiger partial charge >= 0.3 is 6.09 Å². The fraction of sp³-hybridized carbons (Fsp3) is 0.320. The summed E-state index contributed by atoms with van der Waals surface area (Å²) in [5.41, 5.74) is 2.51. The van der Waals surface area contributed by atoms with Gasteiger partial charge in [-0.05, 0) is 31.0 Å². The highest BCUT2D eigenvalue weighted by atomic mass is 32.1. The highest BCUT2D eigenvalue weighted by molar-refractivity contribution is 7.09. The molecule has 33 heavy (non-hydrogen) atoms. The largest absolute Gasteiger partial charge is 0.486 e. The molecule has 7 nitrogen and oxygen atoms in total. The smallest absolute Gasteiger partial charge is 0.410 e. The molecular weight excluding hydrogens is 438 g/mol. The molecule has 0 spiro atoms. The van der Waals surface area contributed by atoms with E-state index in [2.05, 4.69) is 4.98 Å². The minimum absolute atomic E-state index is 0.0734. The van der Waals surface area contributed by atoms with Crippen molar-refractivity contribution < 1.29 is 19.1 Å². The van der Waals surface area contributed by atoms with Crippen LogP contribution >= 0.6 is 11.3 Å². The standard InChI is InChI=1S/C25H27N3O4S/c1-18-8-10-21(11-9-18)31-16-23-26-22(17-33-23)24(29)27(2)20-12-13-28(14-20)25(30)32-15-19-6-4-3-5-7-19/h3-11,17,20H,12-16H2,1-2H3. The van der Waals surface area contributed by atoms with Crippen LogP contribution in [0.1, 0.15) is 33.0 Å². The topological polar surface area (TPSA) is 72.0 Å². The predicted octanol–water partition coefficient (Wildman–Crippen LogP) is 4.51. The van der Waals surface area contributed by atoms with Crippen molar-refractivity contribution in [3.63, 3.8) is 0 Å². The van der Waals surface area contributed by atoms with Gasteiger partial charge in [0.1, 0.15) is 29.7 Å². The van der Waals surface area contributed by atoms with E-state index in [1.54, 1.807) is 22.2 Å². The van der Waals surface area contributed by atoms with Crippen LogP contribution in [-0.2, 0) is 18.0 Å². The maximum Gasteiger partial charge on any atom is 0.410 e. The Kier molecular flexibility index (Phi) is 7.24. The molecule has 0 bridgehead atoms. The van der Waals surface area contributed by atoms with Crippen LogP contribution in [0, 0.1) is 6.92 Å². The summed E-state index contributed by atoms with van der Waals surface area (Å²) in [6.07, 6.45) is 0.349. The van der Waals surface area contributed by atoms with Crippen LogP contribution in [-0.4, -0.2) is 53.0 Å². The summed E-state index contributed by atoms with van der Waals surface area (Å²) in [4.78, 5) is 33.1. The van der Waals surface area contributed by atoms with Crippen LogP contribution in [0.3, 0.4) is 0 Å². The second-order valence-corrected chi connectivity index (χ2v) is 9.02. The van der Waals surface area contributed by atoms with Gasteiger partial charge in [-0.1, -0.05) is 48.0 Å². The SMILES string of the molecule is Cc1ccc(OCc2nc(C(=O)N(C)C3CCN(C(=O)OCc4ccccc4)C3)cs2)cc1. The molecule has 0 aliphatic carbocycles. The summed E-state index contributed by atoms with van der Waals surface area (Å²) in [6.45, 7) is 3.58. The Bertz CT molecular complexity index is 1080. The highest BCUT2D eigenvalue weighted by Crippen LogP contribution is 2.20. The first-order valence-corrected chi connectivity index (χ1v) is 11.7. The number of nitrogens with zero attached hydrogens (tertiary/aromatic N) is 3. The molecule has 0 N–H and O–H groups in total. The number of likely N-dealkylation sites (tertiary alicyclic amines) is 1. The number of aromatic nitrogens is 1. The number of ether oxygens (including phenoxy) is 2. The minimum Gasteiger partial charge on any atom is -0.486 e. The van der Waals surface area contributed by atoms with Crippen molar-refractivity contribution >= 4 is 23.3 Å². The number of amides is 2. The Labute approximate surface area is 197 Å². The molecule has 1 atom stereocenters. The molecular formula is C25H27N3O4S. The zero-order chi connectivity index (χ0) is 23.2. The number of hydrogen-bond acceptors (Lipinski definition) is 6. The molecule has 172 valence electrons. The maximum atomic E-state index is 12.9. The van der Waals surface area contributed by atoms with Crippen LogP contribution in [0.5, 0.6) is 5.75 Å². The van der Waals surface area contributed by atoms with E-state index in [1.165, 1.54) is 16.9 Å². The molecule has 8 heteroatoms. The Morgan fingerprint density at radius 3 is 2.64 bits per heavy atom. The van der Waals surface area contributed by atoms with E-state index in [-0.39, 0.29) is 24.6 Å². The van der Waals surface area contributed by atoms with Crippen molar-refractivity contribution in [2.24, 2.45) is 0 Å². The van der Waals surface area contributed by atoms with Gasteiger partial charge in [0.15, 0.2) is 0 Å². The molecule has 1 aromatic heterocycles. The van der Waals surface area contributed by atoms with Crippen LogP contribution in [0.25, 0.3) is 0 Å². The number of thiazole rings is 1. The normalized spacial score (nSPS) is 15.3. The van der Waals surface area contributed by atoms with Crippen molar-refractivity contribution in [2.45, 2.75) is 32.6 Å². The lowest BCUT2D eigenvalue weighted by atomic mass is 10.2. The van der Waals surface area contributed by atoms with Crippen LogP contribution < -0.4 is 4.74 Å². The van der Waals surface area contributed by atoms with Gasteiger partial charge in [-0.15, -0.1) is 11.3 Å². The molecule has 3 aromatic rings. The molecule has 1 aliphatic rings. The van der Waals surface area contributed by atoms with Gasteiger partial charge in [-0.3, -0.25) is 4.79 Å². The van der Waals surface area contributed by atoms with Gasteiger partial charge in [0.25, 0.3) is 5.91 Å². The summed E-state index contributed by atoms with van der Waals surface area (Å²) >= 11 is 1.40. The molecule has 1 fully saturated rings. The number of hydrogen-bond donors (Lipinski definition) is 0. The molecule has 2 heterocycles. The predicted molar refractivity (Wildman–Crippen MR) is 126 cm³/mol. The van der Waals surface area contributed by atoms with Crippen molar-refractivity contribution in [1.82, 2.24) is 14.8 Å².